The predicted molar refractivity (Wildman–Crippen MR) is 108 cm³/mol. The first-order valence-corrected chi connectivity index (χ1v) is 9.97. The Balaban J connectivity index is 1.46. The van der Waals surface area contributed by atoms with Gasteiger partial charge in [-0.3, -0.25) is 10.1 Å². The third-order valence-electron chi connectivity index (χ3n) is 4.05. The molecule has 2 aromatic carbocycles. The Morgan fingerprint density at radius 1 is 1.07 bits per heavy atom. The molecule has 3 aromatic rings. The summed E-state index contributed by atoms with van der Waals surface area (Å²) in [5.41, 5.74) is 2.21. The van der Waals surface area contributed by atoms with Crippen LogP contribution >= 0.6 is 11.8 Å². The zero-order valence-corrected chi connectivity index (χ0v) is 16.3. The van der Waals surface area contributed by atoms with Gasteiger partial charge in [0.1, 0.15) is 0 Å². The largest absolute Gasteiger partial charge is 0.408 e. The van der Waals surface area contributed by atoms with Crippen molar-refractivity contribution >= 4 is 23.7 Å². The number of amides is 1. The first-order chi connectivity index (χ1) is 13.1. The maximum absolute atomic E-state index is 12.2. The van der Waals surface area contributed by atoms with Crippen LogP contribution in [0.2, 0.25) is 0 Å². The highest BCUT2D eigenvalue weighted by molar-refractivity contribution is 7.99. The van der Waals surface area contributed by atoms with Gasteiger partial charge in [-0.1, -0.05) is 61.4 Å². The highest BCUT2D eigenvalue weighted by Gasteiger charge is 2.11. The van der Waals surface area contributed by atoms with E-state index in [0.29, 0.717) is 18.2 Å². The van der Waals surface area contributed by atoms with Crippen LogP contribution in [0.15, 0.2) is 63.9 Å². The lowest BCUT2D eigenvalue weighted by Crippen LogP contribution is -2.14. The molecular weight excluding hydrogens is 358 g/mol. The van der Waals surface area contributed by atoms with Gasteiger partial charge >= 0.3 is 6.01 Å². The Hall–Kier alpha value is -2.60. The third-order valence-corrected chi connectivity index (χ3v) is 5.07. The van der Waals surface area contributed by atoms with Crippen LogP contribution < -0.4 is 5.32 Å². The molecule has 0 unspecified atom stereocenters. The molecule has 0 spiro atoms. The normalized spacial score (nSPS) is 10.9. The highest BCUT2D eigenvalue weighted by Crippen LogP contribution is 2.19. The molecule has 0 aliphatic heterocycles. The average Bonchev–Trinajstić information content (AvgIpc) is 3.10. The number of hydrogen-bond acceptors (Lipinski definition) is 5. The lowest BCUT2D eigenvalue weighted by Gasteiger charge is -2.06. The molecule has 0 radical (unpaired) electrons. The van der Waals surface area contributed by atoms with E-state index in [-0.39, 0.29) is 18.3 Å². The molecule has 0 saturated carbocycles. The molecule has 0 bridgehead atoms. The fourth-order valence-electron chi connectivity index (χ4n) is 2.55. The van der Waals surface area contributed by atoms with Crippen molar-refractivity contribution in [1.29, 1.82) is 0 Å². The van der Waals surface area contributed by atoms with E-state index in [9.17, 15) is 4.79 Å². The van der Waals surface area contributed by atoms with Crippen LogP contribution in [-0.4, -0.2) is 21.9 Å². The lowest BCUT2D eigenvalue weighted by molar-refractivity contribution is -0.115. The topological polar surface area (TPSA) is 68.0 Å². The number of thioether (sulfide) groups is 1. The van der Waals surface area contributed by atoms with E-state index in [0.717, 1.165) is 11.3 Å². The maximum Gasteiger partial charge on any atom is 0.322 e. The summed E-state index contributed by atoms with van der Waals surface area (Å²) in [5.74, 6) is 1.67. The zero-order valence-electron chi connectivity index (χ0n) is 15.5. The fraction of sp³-hybridized carbons (Fsp3) is 0.286. The summed E-state index contributed by atoms with van der Waals surface area (Å²) in [5, 5.41) is 10.6. The molecule has 5 nitrogen and oxygen atoms in total. The zero-order chi connectivity index (χ0) is 19.1. The summed E-state index contributed by atoms with van der Waals surface area (Å²) in [6, 6.07) is 18.4. The fourth-order valence-corrected chi connectivity index (χ4v) is 3.41. The van der Waals surface area contributed by atoms with E-state index >= 15 is 0 Å². The first-order valence-electron chi connectivity index (χ1n) is 8.99. The lowest BCUT2D eigenvalue weighted by atomic mass is 10.0. The molecular formula is C21H23N3O2S. The number of benzene rings is 2. The van der Waals surface area contributed by atoms with E-state index in [4.69, 9.17) is 4.42 Å². The Morgan fingerprint density at radius 2 is 1.81 bits per heavy atom. The Bertz CT molecular complexity index is 861. The average molecular weight is 382 g/mol. The summed E-state index contributed by atoms with van der Waals surface area (Å²) >= 11 is 1.73. The number of carbonyl (C=O) groups excluding carboxylic acids is 1. The van der Waals surface area contributed by atoms with Crippen LogP contribution in [0.3, 0.4) is 0 Å². The van der Waals surface area contributed by atoms with Gasteiger partial charge in [-0.25, -0.2) is 0 Å². The highest BCUT2D eigenvalue weighted by atomic mass is 32.2. The SMILES string of the molecule is CC(C)c1ccc(CC(=O)Nc2nnc(CCSc3ccccc3)o2)cc1. The number of rotatable bonds is 8. The molecule has 0 saturated heterocycles. The monoisotopic (exact) mass is 381 g/mol. The molecule has 0 aliphatic carbocycles. The summed E-state index contributed by atoms with van der Waals surface area (Å²) in [6.45, 7) is 4.29. The first kappa shape index (κ1) is 19.2. The number of anilines is 1. The van der Waals surface area contributed by atoms with Gasteiger partial charge in [-0.15, -0.1) is 16.9 Å². The Kier molecular flexibility index (Phi) is 6.65. The van der Waals surface area contributed by atoms with Crippen LogP contribution in [0.25, 0.3) is 0 Å². The van der Waals surface area contributed by atoms with E-state index in [1.165, 1.54) is 10.5 Å². The number of nitrogens with one attached hydrogen (secondary N) is 1. The van der Waals surface area contributed by atoms with Gasteiger partial charge in [0.2, 0.25) is 11.8 Å². The minimum Gasteiger partial charge on any atom is -0.408 e. The van der Waals surface area contributed by atoms with Crippen molar-refractivity contribution < 1.29 is 9.21 Å². The molecule has 1 heterocycles. The van der Waals surface area contributed by atoms with Crippen molar-refractivity contribution in [3.8, 4) is 0 Å². The number of nitrogens with zero attached hydrogens (tertiary/aromatic N) is 2. The predicted octanol–water partition coefficient (Wildman–Crippen LogP) is 4.71. The van der Waals surface area contributed by atoms with Crippen molar-refractivity contribution in [2.75, 3.05) is 11.1 Å². The molecule has 6 heteroatoms. The molecule has 0 atom stereocenters. The standard InChI is InChI=1S/C21H23N3O2S/c1-15(2)17-10-8-16(9-11-17)14-19(25)22-21-24-23-20(26-21)12-13-27-18-6-4-3-5-7-18/h3-11,15H,12-14H2,1-2H3,(H,22,24,25). The van der Waals surface area contributed by atoms with Crippen LogP contribution in [0.5, 0.6) is 0 Å². The van der Waals surface area contributed by atoms with Crippen molar-refractivity contribution in [2.24, 2.45) is 0 Å². The minimum absolute atomic E-state index is 0.151. The molecule has 0 fully saturated rings. The van der Waals surface area contributed by atoms with E-state index < -0.39 is 0 Å². The van der Waals surface area contributed by atoms with Crippen molar-refractivity contribution in [2.45, 2.75) is 37.5 Å². The Morgan fingerprint density at radius 3 is 2.52 bits per heavy atom. The van der Waals surface area contributed by atoms with Crippen LogP contribution in [0, 0.1) is 0 Å². The number of carbonyl (C=O) groups is 1. The molecule has 1 N–H and O–H groups in total. The molecule has 1 amide bonds. The van der Waals surface area contributed by atoms with Crippen LogP contribution in [0.4, 0.5) is 6.01 Å². The Labute approximate surface area is 163 Å². The van der Waals surface area contributed by atoms with Gasteiger partial charge in [-0.05, 0) is 29.2 Å². The van der Waals surface area contributed by atoms with Gasteiger partial charge in [0.05, 0.1) is 6.42 Å². The van der Waals surface area contributed by atoms with E-state index in [2.05, 4.69) is 53.6 Å². The minimum atomic E-state index is -0.166. The van der Waals surface area contributed by atoms with E-state index in [1.807, 2.05) is 30.3 Å². The van der Waals surface area contributed by atoms with Crippen molar-refractivity contribution in [3.63, 3.8) is 0 Å². The molecule has 1 aromatic heterocycles. The third kappa shape index (κ3) is 5.96. The summed E-state index contributed by atoms with van der Waals surface area (Å²) in [4.78, 5) is 13.4. The van der Waals surface area contributed by atoms with Crippen LogP contribution in [-0.2, 0) is 17.6 Å². The molecule has 0 aliphatic rings. The number of hydrogen-bond donors (Lipinski definition) is 1. The molecule has 27 heavy (non-hydrogen) atoms. The molecule has 140 valence electrons. The second kappa shape index (κ2) is 9.37. The summed E-state index contributed by atoms with van der Waals surface area (Å²) < 4.78 is 5.51. The van der Waals surface area contributed by atoms with Crippen LogP contribution in [0.1, 0.15) is 36.8 Å². The van der Waals surface area contributed by atoms with E-state index in [1.54, 1.807) is 11.8 Å². The number of aromatic nitrogens is 2. The van der Waals surface area contributed by atoms with Gasteiger partial charge in [-0.2, -0.15) is 0 Å². The molecule has 3 rings (SSSR count). The number of aryl methyl sites for hydroxylation is 1. The smallest absolute Gasteiger partial charge is 0.322 e. The van der Waals surface area contributed by atoms with Crippen molar-refractivity contribution in [1.82, 2.24) is 10.2 Å². The van der Waals surface area contributed by atoms with Gasteiger partial charge in [0.25, 0.3) is 0 Å². The van der Waals surface area contributed by atoms with Gasteiger partial charge in [0.15, 0.2) is 0 Å². The second-order valence-electron chi connectivity index (χ2n) is 6.53. The summed E-state index contributed by atoms with van der Waals surface area (Å²) in [7, 11) is 0. The second-order valence-corrected chi connectivity index (χ2v) is 7.70. The van der Waals surface area contributed by atoms with Gasteiger partial charge < -0.3 is 4.42 Å². The summed E-state index contributed by atoms with van der Waals surface area (Å²) in [6.07, 6.45) is 0.930. The van der Waals surface area contributed by atoms with Gasteiger partial charge in [0, 0.05) is 17.1 Å². The van der Waals surface area contributed by atoms with Crippen molar-refractivity contribution in [3.05, 3.63) is 71.6 Å². The maximum atomic E-state index is 12.2. The quantitative estimate of drug-likeness (QED) is 0.572.